The third kappa shape index (κ3) is 2.44. The molecule has 4 nitrogen and oxygen atoms in total. The monoisotopic (exact) mass is 300 g/mol. The number of allylic oxidation sites excluding steroid dienone is 1. The van der Waals surface area contributed by atoms with Gasteiger partial charge in [0.25, 0.3) is 0 Å². The van der Waals surface area contributed by atoms with E-state index in [0.29, 0.717) is 6.61 Å². The van der Waals surface area contributed by atoms with Crippen molar-refractivity contribution in [1.82, 2.24) is 0 Å². The molecule has 7 atom stereocenters. The number of rotatable bonds is 4. The predicted molar refractivity (Wildman–Crippen MR) is 75.8 cm³/mol. The molecule has 21 heavy (non-hydrogen) atoms. The highest BCUT2D eigenvalue weighted by atomic mass is 19.1. The number of halogens is 1. The van der Waals surface area contributed by atoms with Gasteiger partial charge in [-0.15, -0.1) is 0 Å². The number of hydrogen-bond donors (Lipinski definition) is 1. The summed E-state index contributed by atoms with van der Waals surface area (Å²) < 4.78 is 31.0. The van der Waals surface area contributed by atoms with Gasteiger partial charge < -0.3 is 19.3 Å². The van der Waals surface area contributed by atoms with E-state index < -0.39 is 29.6 Å². The molecule has 0 unspecified atom stereocenters. The minimum absolute atomic E-state index is 0.0829. The Labute approximate surface area is 125 Å². The number of aliphatic hydroxyl groups excluding tert-OH is 1. The van der Waals surface area contributed by atoms with Gasteiger partial charge in [0.2, 0.25) is 0 Å². The van der Waals surface area contributed by atoms with Gasteiger partial charge in [-0.1, -0.05) is 11.6 Å². The molecule has 0 aromatic rings. The Bertz CT molecular complexity index is 444. The first-order chi connectivity index (χ1) is 9.84. The topological polar surface area (TPSA) is 54.5 Å². The summed E-state index contributed by atoms with van der Waals surface area (Å²) in [5.74, 6) is -0.132. The molecule has 2 aliphatic heterocycles. The summed E-state index contributed by atoms with van der Waals surface area (Å²) in [6.45, 7) is 6.67. The van der Waals surface area contributed by atoms with E-state index in [-0.39, 0.29) is 18.4 Å². The molecule has 1 N–H and O–H groups in total. The van der Waals surface area contributed by atoms with E-state index in [2.05, 4.69) is 19.9 Å². The lowest BCUT2D eigenvalue weighted by Gasteiger charge is -2.42. The van der Waals surface area contributed by atoms with E-state index in [1.54, 1.807) is 0 Å². The van der Waals surface area contributed by atoms with E-state index >= 15 is 0 Å². The molecule has 3 rings (SSSR count). The summed E-state index contributed by atoms with van der Waals surface area (Å²) in [5.41, 5.74) is 0.318. The fourth-order valence-electron chi connectivity index (χ4n) is 3.97. The van der Waals surface area contributed by atoms with Crippen LogP contribution in [0.2, 0.25) is 0 Å². The van der Waals surface area contributed by atoms with Crippen LogP contribution in [0.3, 0.4) is 0 Å². The van der Waals surface area contributed by atoms with Gasteiger partial charge >= 0.3 is 0 Å². The molecule has 3 aliphatic rings. The third-order valence-corrected chi connectivity index (χ3v) is 5.27. The maximum absolute atomic E-state index is 14.0. The third-order valence-electron chi connectivity index (χ3n) is 5.27. The van der Waals surface area contributed by atoms with Crippen LogP contribution in [0.4, 0.5) is 4.39 Å². The van der Waals surface area contributed by atoms with Crippen LogP contribution in [0.1, 0.15) is 33.6 Å². The minimum atomic E-state index is -1.30. The first-order valence-corrected chi connectivity index (χ1v) is 7.64. The summed E-state index contributed by atoms with van der Waals surface area (Å²) in [6, 6.07) is 0. The molecule has 3 fully saturated rings. The van der Waals surface area contributed by atoms with Gasteiger partial charge in [-0.05, 0) is 27.2 Å². The fourth-order valence-corrected chi connectivity index (χ4v) is 3.97. The molecule has 0 aromatic heterocycles. The summed E-state index contributed by atoms with van der Waals surface area (Å²) in [5, 5.41) is 10.1. The Balaban J connectivity index is 1.81. The summed E-state index contributed by atoms with van der Waals surface area (Å²) in [6.07, 6.45) is 0.295. The molecule has 2 heterocycles. The Hall–Kier alpha value is -0.490. The Morgan fingerprint density at radius 2 is 2.14 bits per heavy atom. The van der Waals surface area contributed by atoms with E-state index in [1.807, 2.05) is 6.92 Å². The van der Waals surface area contributed by atoms with Crippen molar-refractivity contribution in [2.45, 2.75) is 69.3 Å². The van der Waals surface area contributed by atoms with Crippen molar-refractivity contribution < 1.29 is 23.7 Å². The van der Waals surface area contributed by atoms with Crippen LogP contribution in [0, 0.1) is 5.92 Å². The summed E-state index contributed by atoms with van der Waals surface area (Å²) in [4.78, 5) is 0. The van der Waals surface area contributed by atoms with Crippen LogP contribution < -0.4 is 0 Å². The largest absolute Gasteiger partial charge is 0.387 e. The molecular formula is C16H25FO4. The zero-order valence-corrected chi connectivity index (χ0v) is 13.1. The number of epoxide rings is 2. The Kier molecular flexibility index (Phi) is 3.68. The highest BCUT2D eigenvalue weighted by Gasteiger charge is 2.73. The van der Waals surface area contributed by atoms with Gasteiger partial charge in [0.05, 0.1) is 24.7 Å². The lowest BCUT2D eigenvalue weighted by atomic mass is 9.67. The molecule has 0 radical (unpaired) electrons. The van der Waals surface area contributed by atoms with Gasteiger partial charge in [-0.2, -0.15) is 0 Å². The molecule has 0 aromatic carbocycles. The average Bonchev–Trinajstić information content (AvgIpc) is 3.31. The van der Waals surface area contributed by atoms with Crippen molar-refractivity contribution in [2.24, 2.45) is 5.92 Å². The highest BCUT2D eigenvalue weighted by Crippen LogP contribution is 2.59. The number of aliphatic hydroxyl groups is 1. The van der Waals surface area contributed by atoms with Crippen molar-refractivity contribution >= 4 is 0 Å². The van der Waals surface area contributed by atoms with Crippen LogP contribution >= 0.6 is 0 Å². The second kappa shape index (κ2) is 5.01. The summed E-state index contributed by atoms with van der Waals surface area (Å²) in [7, 11) is 1.52. The van der Waals surface area contributed by atoms with Crippen LogP contribution in [0.15, 0.2) is 11.6 Å². The Morgan fingerprint density at radius 1 is 1.48 bits per heavy atom. The van der Waals surface area contributed by atoms with Crippen LogP contribution in [-0.4, -0.2) is 54.5 Å². The number of alkyl halides is 1. The maximum Gasteiger partial charge on any atom is 0.131 e. The smallest absolute Gasteiger partial charge is 0.131 e. The van der Waals surface area contributed by atoms with E-state index in [9.17, 15) is 9.50 Å². The lowest BCUT2D eigenvalue weighted by Crippen LogP contribution is -2.58. The highest BCUT2D eigenvalue weighted by molar-refractivity contribution is 5.21. The first kappa shape index (κ1) is 15.4. The van der Waals surface area contributed by atoms with Gasteiger partial charge in [0.1, 0.15) is 23.5 Å². The SMILES string of the molecule is CO[C@@H]1[C@H](O)[C@@H](F)C[C@]2(CO2)[C@H]1[C@@]1(C)O[C@@H]1CC=C(C)C. The molecule has 0 amide bonds. The van der Waals surface area contributed by atoms with Crippen molar-refractivity contribution in [2.75, 3.05) is 13.7 Å². The predicted octanol–water partition coefficient (Wildman–Crippen LogP) is 2.00. The van der Waals surface area contributed by atoms with Crippen molar-refractivity contribution in [3.8, 4) is 0 Å². The van der Waals surface area contributed by atoms with E-state index in [1.165, 1.54) is 12.7 Å². The molecule has 120 valence electrons. The zero-order valence-electron chi connectivity index (χ0n) is 13.1. The second-order valence-corrected chi connectivity index (χ2v) is 7.05. The van der Waals surface area contributed by atoms with Crippen LogP contribution in [0.5, 0.6) is 0 Å². The fraction of sp³-hybridized carbons (Fsp3) is 0.875. The molecule has 5 heteroatoms. The molecule has 1 spiro atoms. The quantitative estimate of drug-likeness (QED) is 0.637. The van der Waals surface area contributed by atoms with Gasteiger partial charge in [-0.3, -0.25) is 0 Å². The second-order valence-electron chi connectivity index (χ2n) is 7.05. The first-order valence-electron chi connectivity index (χ1n) is 7.64. The van der Waals surface area contributed by atoms with E-state index in [4.69, 9.17) is 14.2 Å². The number of hydrogen-bond acceptors (Lipinski definition) is 4. The van der Waals surface area contributed by atoms with E-state index in [0.717, 1.165) is 6.42 Å². The lowest BCUT2D eigenvalue weighted by molar-refractivity contribution is -0.144. The van der Waals surface area contributed by atoms with Crippen LogP contribution in [0.25, 0.3) is 0 Å². The molecule has 0 bridgehead atoms. The van der Waals surface area contributed by atoms with Crippen molar-refractivity contribution in [3.05, 3.63) is 11.6 Å². The van der Waals surface area contributed by atoms with Crippen molar-refractivity contribution in [3.63, 3.8) is 0 Å². The molecule has 2 saturated heterocycles. The van der Waals surface area contributed by atoms with Crippen LogP contribution in [-0.2, 0) is 14.2 Å². The average molecular weight is 300 g/mol. The minimum Gasteiger partial charge on any atom is -0.387 e. The summed E-state index contributed by atoms with van der Waals surface area (Å²) >= 11 is 0. The Morgan fingerprint density at radius 3 is 2.67 bits per heavy atom. The number of methoxy groups -OCH3 is 1. The number of ether oxygens (including phenoxy) is 3. The molecule has 1 saturated carbocycles. The maximum atomic E-state index is 14.0. The normalized spacial score (nSPS) is 51.8. The van der Waals surface area contributed by atoms with Gasteiger partial charge in [0.15, 0.2) is 0 Å². The van der Waals surface area contributed by atoms with Gasteiger partial charge in [0, 0.05) is 13.5 Å². The standard InChI is InChI=1S/C16H25FO4/c1-9(2)5-6-11-15(3,21-11)14-13(19-4)12(18)10(17)7-16(14)8-20-16/h5,10-14,18H,6-8H2,1-4H3/t10-,11+,12+,13+,14+,15-,16-/m0/s1. The van der Waals surface area contributed by atoms with Gasteiger partial charge in [-0.25, -0.2) is 4.39 Å². The van der Waals surface area contributed by atoms with Crippen molar-refractivity contribution in [1.29, 1.82) is 0 Å². The molecular weight excluding hydrogens is 275 g/mol. The molecule has 1 aliphatic carbocycles. The zero-order chi connectivity index (χ0) is 15.4.